The Balaban J connectivity index is 0.000000321. The molecule has 118 valence electrons. The topological polar surface area (TPSA) is 52.6 Å². The van der Waals surface area contributed by atoms with Crippen LogP contribution >= 0.6 is 0 Å². The van der Waals surface area contributed by atoms with Crippen molar-refractivity contribution < 1.29 is 19.1 Å². The van der Waals surface area contributed by atoms with Gasteiger partial charge in [0.2, 0.25) is 0 Å². The highest BCUT2D eigenvalue weighted by atomic mass is 16.6. The standard InChI is InChI=1S/C7H10O2.C7H14O2.C2H6/c8-7-5-2-1-3-6(4-5)9-7;1-5-7(2,3)6(8)9-4;1-2/h5-6H,1-4H2;5H2,1-4H3;1-2H3. The third kappa shape index (κ3) is 5.51. The van der Waals surface area contributed by atoms with E-state index in [1.54, 1.807) is 0 Å². The normalized spacial score (nSPS) is 23.6. The number of esters is 2. The zero-order valence-corrected chi connectivity index (χ0v) is 13.8. The van der Waals surface area contributed by atoms with E-state index in [-0.39, 0.29) is 29.4 Å². The lowest BCUT2D eigenvalue weighted by atomic mass is 9.90. The molecule has 0 spiro atoms. The molecule has 0 amide bonds. The number of rotatable bonds is 2. The molecule has 2 unspecified atom stereocenters. The maximum Gasteiger partial charge on any atom is 0.311 e. The molecule has 4 nitrogen and oxygen atoms in total. The molecule has 2 bridgehead atoms. The van der Waals surface area contributed by atoms with E-state index in [4.69, 9.17) is 4.74 Å². The monoisotopic (exact) mass is 286 g/mol. The van der Waals surface area contributed by atoms with Crippen LogP contribution in [-0.4, -0.2) is 25.2 Å². The van der Waals surface area contributed by atoms with Gasteiger partial charge in [-0.05, 0) is 46.0 Å². The second kappa shape index (κ2) is 8.98. The minimum absolute atomic E-state index is 0.0532. The van der Waals surface area contributed by atoms with Gasteiger partial charge in [-0.15, -0.1) is 0 Å². The van der Waals surface area contributed by atoms with E-state index in [9.17, 15) is 9.59 Å². The van der Waals surface area contributed by atoms with Crippen LogP contribution < -0.4 is 0 Å². The van der Waals surface area contributed by atoms with Crippen molar-refractivity contribution in [2.75, 3.05) is 7.11 Å². The highest BCUT2D eigenvalue weighted by Gasteiger charge is 2.37. The number of methoxy groups -OCH3 is 1. The quantitative estimate of drug-likeness (QED) is 0.726. The fourth-order valence-corrected chi connectivity index (χ4v) is 2.15. The molecule has 0 aromatic carbocycles. The van der Waals surface area contributed by atoms with Gasteiger partial charge in [0, 0.05) is 0 Å². The molecule has 1 saturated heterocycles. The predicted octanol–water partition coefficient (Wildman–Crippen LogP) is 3.72. The fourth-order valence-electron chi connectivity index (χ4n) is 2.15. The van der Waals surface area contributed by atoms with E-state index < -0.39 is 0 Å². The molecule has 1 aliphatic heterocycles. The van der Waals surface area contributed by atoms with Crippen molar-refractivity contribution in [3.8, 4) is 0 Å². The van der Waals surface area contributed by atoms with E-state index in [0.29, 0.717) is 0 Å². The van der Waals surface area contributed by atoms with Gasteiger partial charge < -0.3 is 9.47 Å². The Kier molecular flexibility index (Phi) is 8.51. The van der Waals surface area contributed by atoms with Crippen molar-refractivity contribution in [3.05, 3.63) is 0 Å². The molecule has 1 heterocycles. The average Bonchev–Trinajstić information content (AvgIpc) is 2.73. The van der Waals surface area contributed by atoms with Crippen molar-refractivity contribution in [2.24, 2.45) is 11.3 Å². The number of carbonyl (C=O) groups is 2. The first-order valence-corrected chi connectivity index (χ1v) is 7.69. The largest absolute Gasteiger partial charge is 0.469 e. The summed E-state index contributed by atoms with van der Waals surface area (Å²) < 4.78 is 9.61. The van der Waals surface area contributed by atoms with Crippen LogP contribution in [0.25, 0.3) is 0 Å². The summed E-state index contributed by atoms with van der Waals surface area (Å²) in [6.07, 6.45) is 5.45. The number of fused-ring (bicyclic) bond motifs is 2. The van der Waals surface area contributed by atoms with Gasteiger partial charge in [0.25, 0.3) is 0 Å². The van der Waals surface area contributed by atoms with Crippen LogP contribution in [0.2, 0.25) is 0 Å². The molecule has 2 rings (SSSR count). The highest BCUT2D eigenvalue weighted by Crippen LogP contribution is 2.33. The molecule has 0 aromatic rings. The first kappa shape index (κ1) is 18.9. The van der Waals surface area contributed by atoms with Crippen molar-refractivity contribution >= 4 is 11.9 Å². The molecule has 1 saturated carbocycles. The Morgan fingerprint density at radius 3 is 2.30 bits per heavy atom. The summed E-state index contributed by atoms with van der Waals surface area (Å²) in [4.78, 5) is 21.7. The zero-order valence-electron chi connectivity index (χ0n) is 13.8. The average molecular weight is 286 g/mol. The summed E-state index contributed by atoms with van der Waals surface area (Å²) in [6.45, 7) is 9.72. The molecule has 0 aromatic heterocycles. The van der Waals surface area contributed by atoms with Crippen molar-refractivity contribution in [3.63, 3.8) is 0 Å². The second-order valence-electron chi connectivity index (χ2n) is 5.65. The Bertz CT molecular complexity index is 310. The summed E-state index contributed by atoms with van der Waals surface area (Å²) in [6, 6.07) is 0. The van der Waals surface area contributed by atoms with Gasteiger partial charge in [0.1, 0.15) is 6.10 Å². The van der Waals surface area contributed by atoms with Crippen LogP contribution in [0.1, 0.15) is 66.7 Å². The smallest absolute Gasteiger partial charge is 0.311 e. The first-order valence-electron chi connectivity index (χ1n) is 7.69. The van der Waals surface area contributed by atoms with Gasteiger partial charge in [0.05, 0.1) is 18.4 Å². The van der Waals surface area contributed by atoms with E-state index in [0.717, 1.165) is 25.7 Å². The number of ether oxygens (including phenoxy) is 2. The minimum atomic E-state index is -0.311. The Morgan fingerprint density at radius 2 is 1.95 bits per heavy atom. The number of hydrogen-bond acceptors (Lipinski definition) is 4. The van der Waals surface area contributed by atoms with Crippen LogP contribution in [0.3, 0.4) is 0 Å². The van der Waals surface area contributed by atoms with E-state index >= 15 is 0 Å². The molecule has 2 aliphatic rings. The summed E-state index contributed by atoms with van der Waals surface area (Å²) in [5, 5.41) is 0. The molecule has 0 N–H and O–H groups in total. The summed E-state index contributed by atoms with van der Waals surface area (Å²) in [5.41, 5.74) is -0.311. The van der Waals surface area contributed by atoms with E-state index in [1.165, 1.54) is 13.5 Å². The third-order valence-electron chi connectivity index (χ3n) is 3.86. The summed E-state index contributed by atoms with van der Waals surface area (Å²) in [7, 11) is 1.42. The van der Waals surface area contributed by atoms with Crippen molar-refractivity contribution in [1.29, 1.82) is 0 Å². The maximum atomic E-state index is 10.8. The Hall–Kier alpha value is -1.06. The van der Waals surface area contributed by atoms with Crippen LogP contribution in [0.4, 0.5) is 0 Å². The lowest BCUT2D eigenvalue weighted by molar-refractivity contribution is -0.150. The van der Waals surface area contributed by atoms with E-state index in [1.807, 2.05) is 34.6 Å². The summed E-state index contributed by atoms with van der Waals surface area (Å²) >= 11 is 0. The molecule has 2 atom stereocenters. The fraction of sp³-hybridized carbons (Fsp3) is 0.875. The van der Waals surface area contributed by atoms with E-state index in [2.05, 4.69) is 4.74 Å². The highest BCUT2D eigenvalue weighted by molar-refractivity contribution is 5.75. The lowest BCUT2D eigenvalue weighted by Gasteiger charge is -2.17. The maximum absolute atomic E-state index is 10.8. The number of carbonyl (C=O) groups excluding carboxylic acids is 2. The van der Waals surface area contributed by atoms with Crippen molar-refractivity contribution in [2.45, 2.75) is 72.8 Å². The van der Waals surface area contributed by atoms with Gasteiger partial charge in [-0.2, -0.15) is 0 Å². The van der Waals surface area contributed by atoms with Crippen LogP contribution in [0.5, 0.6) is 0 Å². The first-order chi connectivity index (χ1) is 9.40. The SMILES string of the molecule is CC.CCC(C)(C)C(=O)OC.O=C1OC2CCCC1C2. The van der Waals surface area contributed by atoms with Crippen LogP contribution in [-0.2, 0) is 19.1 Å². The van der Waals surface area contributed by atoms with Gasteiger partial charge in [-0.1, -0.05) is 20.8 Å². The van der Waals surface area contributed by atoms with Gasteiger partial charge in [-0.3, -0.25) is 9.59 Å². The van der Waals surface area contributed by atoms with Gasteiger partial charge in [-0.25, -0.2) is 0 Å². The van der Waals surface area contributed by atoms with Crippen LogP contribution in [0.15, 0.2) is 0 Å². The van der Waals surface area contributed by atoms with Gasteiger partial charge in [0.15, 0.2) is 0 Å². The summed E-state index contributed by atoms with van der Waals surface area (Å²) in [5.74, 6) is 0.186. The predicted molar refractivity (Wildman–Crippen MR) is 79.3 cm³/mol. The van der Waals surface area contributed by atoms with Crippen molar-refractivity contribution in [1.82, 2.24) is 0 Å². The molecule has 1 aliphatic carbocycles. The molecule has 20 heavy (non-hydrogen) atoms. The lowest BCUT2D eigenvalue weighted by Crippen LogP contribution is -2.24. The second-order valence-corrected chi connectivity index (χ2v) is 5.65. The molecule has 2 fully saturated rings. The molecule has 4 heteroatoms. The molecular weight excluding hydrogens is 256 g/mol. The minimum Gasteiger partial charge on any atom is -0.469 e. The molecular formula is C16H30O4. The van der Waals surface area contributed by atoms with Gasteiger partial charge >= 0.3 is 11.9 Å². The molecule has 0 radical (unpaired) electrons. The third-order valence-corrected chi connectivity index (χ3v) is 3.86. The number of hydrogen-bond donors (Lipinski definition) is 0. The van der Waals surface area contributed by atoms with Crippen LogP contribution in [0, 0.1) is 11.3 Å². The zero-order chi connectivity index (χ0) is 15.8. The Labute approximate surface area is 123 Å². The Morgan fingerprint density at radius 1 is 1.35 bits per heavy atom.